The Bertz CT molecular complexity index is 1610. The lowest BCUT2D eigenvalue weighted by Crippen LogP contribution is -2.44. The van der Waals surface area contributed by atoms with Crippen LogP contribution >= 0.6 is 0 Å². The first kappa shape index (κ1) is 42.3. The van der Waals surface area contributed by atoms with Gasteiger partial charge in [0, 0.05) is 44.0 Å². The van der Waals surface area contributed by atoms with Crippen LogP contribution in [0.5, 0.6) is 0 Å². The van der Waals surface area contributed by atoms with E-state index >= 15 is 0 Å². The Kier molecular flexibility index (Phi) is 15.3. The molecule has 1 saturated heterocycles. The Labute approximate surface area is 312 Å². The number of likely N-dealkylation sites (tertiary alicyclic amines) is 1. The highest BCUT2D eigenvalue weighted by Crippen LogP contribution is 2.35. The first-order valence-electron chi connectivity index (χ1n) is 18.2. The van der Waals surface area contributed by atoms with E-state index in [-0.39, 0.29) is 87.2 Å². The van der Waals surface area contributed by atoms with Crippen molar-refractivity contribution >= 4 is 47.1 Å². The normalized spacial score (nSPS) is 15.7. The van der Waals surface area contributed by atoms with Crippen molar-refractivity contribution in [3.8, 4) is 0 Å². The molecule has 3 atom stereocenters. The Morgan fingerprint density at radius 1 is 0.906 bits per heavy atom. The number of Topliss-reactive ketones (excluding diaryl/α,β-unsaturated/α-hetero) is 1. The second kappa shape index (κ2) is 19.1. The van der Waals surface area contributed by atoms with Crippen LogP contribution in [0, 0.1) is 22.7 Å². The third-order valence-electron chi connectivity index (χ3n) is 9.13. The summed E-state index contributed by atoms with van der Waals surface area (Å²) in [5, 5.41) is 8.20. The summed E-state index contributed by atoms with van der Waals surface area (Å²) in [4.78, 5) is 90.8. The largest absolute Gasteiger partial charge is 0.460 e. The molecular weight excluding hydrogens is 678 g/mol. The van der Waals surface area contributed by atoms with Crippen LogP contribution in [0.1, 0.15) is 91.2 Å². The van der Waals surface area contributed by atoms with Crippen molar-refractivity contribution in [2.75, 3.05) is 18.4 Å². The number of carbonyl (C=O) groups excluding carboxylic acids is 7. The Balaban J connectivity index is 1.69. The number of ketones is 1. The van der Waals surface area contributed by atoms with Crippen molar-refractivity contribution in [2.24, 2.45) is 28.4 Å². The molecule has 1 aliphatic heterocycles. The minimum absolute atomic E-state index is 0.0100. The van der Waals surface area contributed by atoms with Gasteiger partial charge in [0.25, 0.3) is 0 Å². The van der Waals surface area contributed by atoms with Gasteiger partial charge in [-0.25, -0.2) is 4.79 Å². The lowest BCUT2D eigenvalue weighted by atomic mass is 9.80. The van der Waals surface area contributed by atoms with E-state index < -0.39 is 41.1 Å². The van der Waals surface area contributed by atoms with Crippen molar-refractivity contribution in [3.63, 3.8) is 0 Å². The molecule has 13 heteroatoms. The van der Waals surface area contributed by atoms with Gasteiger partial charge in [0.1, 0.15) is 6.61 Å². The highest BCUT2D eigenvalue weighted by Gasteiger charge is 2.44. The van der Waals surface area contributed by atoms with Crippen LogP contribution in [0.15, 0.2) is 54.6 Å². The van der Waals surface area contributed by atoms with Gasteiger partial charge in [-0.05, 0) is 75.1 Å². The Morgan fingerprint density at radius 2 is 1.57 bits per heavy atom. The molecule has 53 heavy (non-hydrogen) atoms. The summed E-state index contributed by atoms with van der Waals surface area (Å²) < 4.78 is 5.37. The van der Waals surface area contributed by atoms with Crippen molar-refractivity contribution in [2.45, 2.75) is 99.1 Å². The summed E-state index contributed by atoms with van der Waals surface area (Å²) in [6.07, 6.45) is 0.999. The van der Waals surface area contributed by atoms with Crippen molar-refractivity contribution < 1.29 is 38.3 Å². The molecule has 1 heterocycles. The van der Waals surface area contributed by atoms with E-state index in [1.165, 1.54) is 4.90 Å². The molecule has 288 valence electrons. The number of hydrogen-bond acceptors (Lipinski definition) is 8. The Hall–Kier alpha value is -5.07. The van der Waals surface area contributed by atoms with Crippen LogP contribution in [0.4, 0.5) is 10.5 Å². The highest BCUT2D eigenvalue weighted by molar-refractivity contribution is 6.04. The SMILES string of the molecule is CC(C)(C)C(=O)OCc1ccc(NC(=O)[C@H](CCCNC(N)=O)CC(=O)[C@@H](Cc2ccccc2)NC(=O)CCCN2C(=O)CC(C(C)(C)C)C2=O)cc1. The zero-order valence-corrected chi connectivity index (χ0v) is 31.8. The number of primary amides is 1. The number of imide groups is 1. The lowest BCUT2D eigenvalue weighted by Gasteiger charge is -2.25. The fourth-order valence-corrected chi connectivity index (χ4v) is 5.92. The molecule has 3 rings (SSSR count). The number of ether oxygens (including phenoxy) is 1. The second-order valence-electron chi connectivity index (χ2n) is 15.7. The van der Waals surface area contributed by atoms with Crippen molar-refractivity contribution in [1.82, 2.24) is 15.5 Å². The topological polar surface area (TPSA) is 194 Å². The molecule has 2 aromatic rings. The number of carbonyl (C=O) groups is 7. The average Bonchev–Trinajstić information content (AvgIpc) is 3.38. The summed E-state index contributed by atoms with van der Waals surface area (Å²) in [5.74, 6) is -3.19. The minimum Gasteiger partial charge on any atom is -0.460 e. The molecule has 0 saturated carbocycles. The molecule has 1 fully saturated rings. The van der Waals surface area contributed by atoms with Gasteiger partial charge >= 0.3 is 12.0 Å². The number of nitrogens with two attached hydrogens (primary N) is 1. The van der Waals surface area contributed by atoms with Gasteiger partial charge < -0.3 is 26.4 Å². The van der Waals surface area contributed by atoms with E-state index in [4.69, 9.17) is 10.5 Å². The maximum Gasteiger partial charge on any atom is 0.312 e. The monoisotopic (exact) mass is 733 g/mol. The second-order valence-corrected chi connectivity index (χ2v) is 15.7. The predicted molar refractivity (Wildman–Crippen MR) is 200 cm³/mol. The maximum atomic E-state index is 13.9. The van der Waals surface area contributed by atoms with Crippen LogP contribution in [0.2, 0.25) is 0 Å². The molecule has 1 unspecified atom stereocenters. The van der Waals surface area contributed by atoms with Crippen LogP contribution in [-0.2, 0) is 46.5 Å². The number of urea groups is 1. The molecule has 0 aliphatic carbocycles. The van der Waals surface area contributed by atoms with E-state index in [1.54, 1.807) is 45.0 Å². The fraction of sp³-hybridized carbons (Fsp3) is 0.525. The number of amides is 6. The van der Waals surface area contributed by atoms with Gasteiger partial charge in [0.05, 0.1) is 17.4 Å². The van der Waals surface area contributed by atoms with E-state index in [1.807, 2.05) is 51.1 Å². The lowest BCUT2D eigenvalue weighted by molar-refractivity contribution is -0.154. The molecule has 0 spiro atoms. The maximum absolute atomic E-state index is 13.9. The molecule has 0 aromatic heterocycles. The van der Waals surface area contributed by atoms with Gasteiger partial charge in [-0.3, -0.25) is 33.7 Å². The fourth-order valence-electron chi connectivity index (χ4n) is 5.92. The Morgan fingerprint density at radius 3 is 2.15 bits per heavy atom. The van der Waals surface area contributed by atoms with Crippen LogP contribution in [0.3, 0.4) is 0 Å². The van der Waals surface area contributed by atoms with Gasteiger partial charge in [0.15, 0.2) is 5.78 Å². The average molecular weight is 734 g/mol. The number of nitrogens with one attached hydrogen (secondary N) is 3. The van der Waals surface area contributed by atoms with Crippen LogP contribution in [0.25, 0.3) is 0 Å². The number of benzene rings is 2. The summed E-state index contributed by atoms with van der Waals surface area (Å²) in [6.45, 7) is 11.5. The number of hydrogen-bond donors (Lipinski definition) is 4. The minimum atomic E-state index is -0.945. The standard InChI is InChI=1S/C40H55N5O8/c1-39(2,3)30-24-34(48)45(36(30)50)21-11-15-33(47)44-31(22-26-12-8-7-9-13-26)32(46)23-28(14-10-20-42-38(41)52)35(49)43-29-18-16-27(17-19-29)25-53-37(51)40(4,5)6/h7-9,12-13,16-19,28,30-31H,10-11,14-15,20-25H2,1-6H3,(H,43,49)(H,44,47)(H3,41,42,52)/t28-,30?,31-/m1/s1. The molecule has 1 aliphatic rings. The van der Waals surface area contributed by atoms with E-state index in [0.29, 0.717) is 12.1 Å². The van der Waals surface area contributed by atoms with Crippen molar-refractivity contribution in [1.29, 1.82) is 0 Å². The molecule has 6 amide bonds. The summed E-state index contributed by atoms with van der Waals surface area (Å²) >= 11 is 0. The highest BCUT2D eigenvalue weighted by atomic mass is 16.5. The van der Waals surface area contributed by atoms with Gasteiger partial charge in [-0.2, -0.15) is 0 Å². The number of rotatable bonds is 18. The zero-order chi connectivity index (χ0) is 39.3. The van der Waals surface area contributed by atoms with Gasteiger partial charge in [-0.1, -0.05) is 63.2 Å². The van der Waals surface area contributed by atoms with E-state index in [9.17, 15) is 33.6 Å². The molecule has 0 radical (unpaired) electrons. The van der Waals surface area contributed by atoms with Crippen LogP contribution in [-0.4, -0.2) is 65.4 Å². The predicted octanol–water partition coefficient (Wildman–Crippen LogP) is 4.67. The summed E-state index contributed by atoms with van der Waals surface area (Å²) in [7, 11) is 0. The molecule has 5 N–H and O–H groups in total. The van der Waals surface area contributed by atoms with E-state index in [0.717, 1.165) is 11.1 Å². The summed E-state index contributed by atoms with van der Waals surface area (Å²) in [5.41, 5.74) is 6.24. The van der Waals surface area contributed by atoms with Gasteiger partial charge in [-0.15, -0.1) is 0 Å². The first-order chi connectivity index (χ1) is 24.8. The summed E-state index contributed by atoms with van der Waals surface area (Å²) in [6, 6.07) is 14.4. The first-order valence-corrected chi connectivity index (χ1v) is 18.2. The number of esters is 1. The van der Waals surface area contributed by atoms with Gasteiger partial charge in [0.2, 0.25) is 23.6 Å². The number of anilines is 1. The molecule has 13 nitrogen and oxygen atoms in total. The quantitative estimate of drug-likeness (QED) is 0.0965. The molecular formula is C40H55N5O8. The molecule has 2 aromatic carbocycles. The smallest absolute Gasteiger partial charge is 0.312 e. The third-order valence-corrected chi connectivity index (χ3v) is 9.13. The zero-order valence-electron chi connectivity index (χ0n) is 31.8. The molecule has 0 bridgehead atoms. The number of nitrogens with zero attached hydrogens (tertiary/aromatic N) is 1. The third kappa shape index (κ3) is 13.8. The van der Waals surface area contributed by atoms with Crippen LogP contribution < -0.4 is 21.7 Å². The van der Waals surface area contributed by atoms with E-state index in [2.05, 4.69) is 16.0 Å². The van der Waals surface area contributed by atoms with Crippen molar-refractivity contribution in [3.05, 3.63) is 65.7 Å².